The molecule has 0 unspecified atom stereocenters. The van der Waals surface area contributed by atoms with Gasteiger partial charge in [-0.15, -0.1) is 11.3 Å². The summed E-state index contributed by atoms with van der Waals surface area (Å²) in [4.78, 5) is 15.0. The Kier molecular flexibility index (Phi) is 7.12. The summed E-state index contributed by atoms with van der Waals surface area (Å²) in [5.41, 5.74) is 1.18. The predicted octanol–water partition coefficient (Wildman–Crippen LogP) is 4.68. The SMILES string of the molecule is CC(C)Oc1ccc(CCNC(=O)N(C)Cc2ccc(Br)s2)cc1. The number of nitrogens with zero attached hydrogens (tertiary/aromatic N) is 1. The number of hydrogen-bond acceptors (Lipinski definition) is 3. The van der Waals surface area contributed by atoms with Crippen molar-refractivity contribution in [2.45, 2.75) is 32.9 Å². The lowest BCUT2D eigenvalue weighted by molar-refractivity contribution is 0.207. The second kappa shape index (κ2) is 9.08. The summed E-state index contributed by atoms with van der Waals surface area (Å²) in [7, 11) is 1.81. The molecule has 1 N–H and O–H groups in total. The van der Waals surface area contributed by atoms with E-state index in [0.29, 0.717) is 13.1 Å². The van der Waals surface area contributed by atoms with Crippen LogP contribution in [-0.2, 0) is 13.0 Å². The summed E-state index contributed by atoms with van der Waals surface area (Å²) in [6.07, 6.45) is 0.973. The Labute approximate surface area is 156 Å². The highest BCUT2D eigenvalue weighted by molar-refractivity contribution is 9.11. The largest absolute Gasteiger partial charge is 0.491 e. The van der Waals surface area contributed by atoms with Crippen molar-refractivity contribution in [3.8, 4) is 5.75 Å². The Hall–Kier alpha value is -1.53. The van der Waals surface area contributed by atoms with Crippen LogP contribution in [0, 0.1) is 0 Å². The van der Waals surface area contributed by atoms with Crippen molar-refractivity contribution in [2.75, 3.05) is 13.6 Å². The number of ether oxygens (including phenoxy) is 1. The first-order valence-corrected chi connectivity index (χ1v) is 9.54. The van der Waals surface area contributed by atoms with Crippen LogP contribution in [0.4, 0.5) is 4.79 Å². The maximum atomic E-state index is 12.1. The van der Waals surface area contributed by atoms with Gasteiger partial charge >= 0.3 is 6.03 Å². The van der Waals surface area contributed by atoms with Crippen molar-refractivity contribution < 1.29 is 9.53 Å². The maximum absolute atomic E-state index is 12.1. The molecule has 2 rings (SSSR count). The molecule has 0 aliphatic rings. The van der Waals surface area contributed by atoms with E-state index in [9.17, 15) is 4.79 Å². The molecular formula is C18H23BrN2O2S. The highest BCUT2D eigenvalue weighted by atomic mass is 79.9. The van der Waals surface area contributed by atoms with Gasteiger partial charge in [0.05, 0.1) is 16.4 Å². The van der Waals surface area contributed by atoms with Crippen molar-refractivity contribution in [2.24, 2.45) is 0 Å². The first-order chi connectivity index (χ1) is 11.4. The highest BCUT2D eigenvalue weighted by Gasteiger charge is 2.09. The third-order valence-electron chi connectivity index (χ3n) is 3.35. The van der Waals surface area contributed by atoms with Gasteiger partial charge in [-0.1, -0.05) is 12.1 Å². The lowest BCUT2D eigenvalue weighted by Gasteiger charge is -2.17. The molecule has 0 saturated heterocycles. The first-order valence-electron chi connectivity index (χ1n) is 7.93. The van der Waals surface area contributed by atoms with Crippen LogP contribution in [0.1, 0.15) is 24.3 Å². The molecule has 130 valence electrons. The molecule has 4 nitrogen and oxygen atoms in total. The summed E-state index contributed by atoms with van der Waals surface area (Å²) >= 11 is 5.08. The number of hydrogen-bond donors (Lipinski definition) is 1. The smallest absolute Gasteiger partial charge is 0.317 e. The Morgan fingerprint density at radius 1 is 1.25 bits per heavy atom. The third kappa shape index (κ3) is 6.17. The molecule has 0 radical (unpaired) electrons. The Morgan fingerprint density at radius 3 is 2.54 bits per heavy atom. The van der Waals surface area contributed by atoms with Gasteiger partial charge in [-0.2, -0.15) is 0 Å². The maximum Gasteiger partial charge on any atom is 0.317 e. The molecule has 0 aliphatic carbocycles. The number of carbonyl (C=O) groups is 1. The van der Waals surface area contributed by atoms with Crippen LogP contribution in [0.3, 0.4) is 0 Å². The normalized spacial score (nSPS) is 10.7. The summed E-state index contributed by atoms with van der Waals surface area (Å²) in [6.45, 7) is 5.24. The monoisotopic (exact) mass is 410 g/mol. The van der Waals surface area contributed by atoms with Crippen LogP contribution in [0.2, 0.25) is 0 Å². The molecule has 1 aromatic carbocycles. The number of thiophene rings is 1. The number of halogens is 1. The van der Waals surface area contributed by atoms with E-state index >= 15 is 0 Å². The van der Waals surface area contributed by atoms with Crippen LogP contribution in [0.5, 0.6) is 5.75 Å². The molecule has 1 aromatic heterocycles. The molecule has 0 atom stereocenters. The van der Waals surface area contributed by atoms with Gasteiger partial charge in [-0.3, -0.25) is 0 Å². The minimum absolute atomic E-state index is 0.0562. The van der Waals surface area contributed by atoms with Gasteiger partial charge in [0, 0.05) is 18.5 Å². The first kappa shape index (κ1) is 18.8. The minimum atomic E-state index is -0.0562. The van der Waals surface area contributed by atoms with Crippen molar-refractivity contribution >= 4 is 33.3 Å². The van der Waals surface area contributed by atoms with Gasteiger partial charge in [-0.25, -0.2) is 4.79 Å². The predicted molar refractivity (Wildman–Crippen MR) is 103 cm³/mol. The van der Waals surface area contributed by atoms with Crippen molar-refractivity contribution in [1.82, 2.24) is 10.2 Å². The molecular weight excluding hydrogens is 388 g/mol. The number of benzene rings is 1. The lowest BCUT2D eigenvalue weighted by atomic mass is 10.1. The number of amides is 2. The molecule has 2 amide bonds. The van der Waals surface area contributed by atoms with Gasteiger partial charge in [-0.05, 0) is 66.0 Å². The Morgan fingerprint density at radius 2 is 1.96 bits per heavy atom. The number of urea groups is 1. The molecule has 24 heavy (non-hydrogen) atoms. The molecule has 0 fully saturated rings. The van der Waals surface area contributed by atoms with E-state index in [4.69, 9.17) is 4.74 Å². The molecule has 6 heteroatoms. The van der Waals surface area contributed by atoms with Crippen LogP contribution in [-0.4, -0.2) is 30.6 Å². The van der Waals surface area contributed by atoms with Gasteiger partial charge in [0.25, 0.3) is 0 Å². The summed E-state index contributed by atoms with van der Waals surface area (Å²) in [5, 5.41) is 2.95. The summed E-state index contributed by atoms with van der Waals surface area (Å²) in [5.74, 6) is 0.875. The minimum Gasteiger partial charge on any atom is -0.491 e. The van der Waals surface area contributed by atoms with E-state index in [2.05, 4.69) is 21.2 Å². The van der Waals surface area contributed by atoms with E-state index in [1.165, 1.54) is 5.56 Å². The lowest BCUT2D eigenvalue weighted by Crippen LogP contribution is -2.37. The van der Waals surface area contributed by atoms with Gasteiger partial charge in [0.1, 0.15) is 5.75 Å². The average Bonchev–Trinajstić information content (AvgIpc) is 2.93. The van der Waals surface area contributed by atoms with Crippen molar-refractivity contribution in [3.63, 3.8) is 0 Å². The van der Waals surface area contributed by atoms with Crippen molar-refractivity contribution in [1.29, 1.82) is 0 Å². The standard InChI is InChI=1S/C18H23BrN2O2S/c1-13(2)23-15-6-4-14(5-7-15)10-11-20-18(22)21(3)12-16-8-9-17(19)24-16/h4-9,13H,10-12H2,1-3H3,(H,20,22). The third-order valence-corrected chi connectivity index (χ3v) is 4.96. The number of carbonyl (C=O) groups excluding carboxylic acids is 1. The van der Waals surface area contributed by atoms with Gasteiger partial charge < -0.3 is 15.0 Å². The number of rotatable bonds is 7. The highest BCUT2D eigenvalue weighted by Crippen LogP contribution is 2.22. The Balaban J connectivity index is 1.73. The average molecular weight is 411 g/mol. The second-order valence-corrected chi connectivity index (χ2v) is 8.40. The fourth-order valence-electron chi connectivity index (χ4n) is 2.20. The van der Waals surface area contributed by atoms with Crippen molar-refractivity contribution in [3.05, 3.63) is 50.6 Å². The molecule has 0 bridgehead atoms. The molecule has 0 aliphatic heterocycles. The van der Waals surface area contributed by atoms with Crippen LogP contribution in [0.15, 0.2) is 40.2 Å². The Bertz CT molecular complexity index is 655. The quantitative estimate of drug-likeness (QED) is 0.719. The summed E-state index contributed by atoms with van der Waals surface area (Å²) in [6, 6.07) is 12.0. The molecule has 1 heterocycles. The zero-order chi connectivity index (χ0) is 17.5. The van der Waals surface area contributed by atoms with Gasteiger partial charge in [0.15, 0.2) is 0 Å². The molecule has 2 aromatic rings. The van der Waals surface area contributed by atoms with E-state index in [1.54, 1.807) is 23.3 Å². The van der Waals surface area contributed by atoms with E-state index in [0.717, 1.165) is 20.8 Å². The van der Waals surface area contributed by atoms with Crippen LogP contribution >= 0.6 is 27.3 Å². The second-order valence-electron chi connectivity index (χ2n) is 5.85. The fourth-order valence-corrected chi connectivity index (χ4v) is 3.73. The molecule has 0 saturated carbocycles. The van der Waals surface area contributed by atoms with E-state index in [-0.39, 0.29) is 12.1 Å². The van der Waals surface area contributed by atoms with Gasteiger partial charge in [0.2, 0.25) is 0 Å². The zero-order valence-electron chi connectivity index (χ0n) is 14.2. The van der Waals surface area contributed by atoms with E-state index < -0.39 is 0 Å². The molecule has 0 spiro atoms. The topological polar surface area (TPSA) is 41.6 Å². The van der Waals surface area contributed by atoms with E-state index in [1.807, 2.05) is 50.2 Å². The number of nitrogens with one attached hydrogen (secondary N) is 1. The fraction of sp³-hybridized carbons (Fsp3) is 0.389. The van der Waals surface area contributed by atoms with Crippen LogP contribution < -0.4 is 10.1 Å². The summed E-state index contributed by atoms with van der Waals surface area (Å²) < 4.78 is 6.70. The van der Waals surface area contributed by atoms with Crippen LogP contribution in [0.25, 0.3) is 0 Å². The zero-order valence-corrected chi connectivity index (χ0v) is 16.6.